The molecule has 0 bridgehead atoms. The summed E-state index contributed by atoms with van der Waals surface area (Å²) in [5, 5.41) is 0.140. The van der Waals surface area contributed by atoms with Gasteiger partial charge < -0.3 is 4.90 Å². The smallest absolute Gasteiger partial charge is 0.254 e. The summed E-state index contributed by atoms with van der Waals surface area (Å²) in [6, 6.07) is 14.9. The summed E-state index contributed by atoms with van der Waals surface area (Å²) in [4.78, 5) is 18.7. The number of hydrogen-bond acceptors (Lipinski definition) is 3. The molecule has 0 aromatic heterocycles. The van der Waals surface area contributed by atoms with Crippen LogP contribution in [0.5, 0.6) is 0 Å². The number of hydrogen-bond donors (Lipinski definition) is 0. The van der Waals surface area contributed by atoms with E-state index in [-0.39, 0.29) is 11.2 Å². The molecule has 2 aliphatic rings. The van der Waals surface area contributed by atoms with Crippen LogP contribution in [-0.2, 0) is 10.8 Å². The molecule has 0 saturated carbocycles. The fraction of sp³-hybridized carbons (Fsp3) is 0.500. The lowest BCUT2D eigenvalue weighted by Gasteiger charge is -2.41. The molecule has 2 fully saturated rings. The van der Waals surface area contributed by atoms with Crippen LogP contribution >= 0.6 is 0 Å². The van der Waals surface area contributed by atoms with Gasteiger partial charge in [0.15, 0.2) is 0 Å². The maximum atomic E-state index is 13.1. The van der Waals surface area contributed by atoms with Crippen LogP contribution < -0.4 is 0 Å². The highest BCUT2D eigenvalue weighted by atomic mass is 32.2. The molecular formula is C30H40N2O2S. The van der Waals surface area contributed by atoms with Crippen LogP contribution in [0.2, 0.25) is 0 Å². The molecule has 2 saturated heterocycles. The third kappa shape index (κ3) is 5.78. The third-order valence-corrected chi connectivity index (χ3v) is 9.58. The lowest BCUT2D eigenvalue weighted by Crippen LogP contribution is -2.48. The minimum Gasteiger partial charge on any atom is -0.339 e. The van der Waals surface area contributed by atoms with Crippen molar-refractivity contribution in [3.05, 3.63) is 70.3 Å². The van der Waals surface area contributed by atoms with Crippen molar-refractivity contribution in [2.75, 3.05) is 26.2 Å². The van der Waals surface area contributed by atoms with Crippen molar-refractivity contribution < 1.29 is 9.00 Å². The number of likely N-dealkylation sites (tertiary alicyclic amines) is 2. The molecule has 2 aliphatic heterocycles. The van der Waals surface area contributed by atoms with Crippen molar-refractivity contribution in [1.29, 1.82) is 0 Å². The van der Waals surface area contributed by atoms with Crippen LogP contribution in [0.25, 0.3) is 5.57 Å². The van der Waals surface area contributed by atoms with Crippen LogP contribution in [0.3, 0.4) is 0 Å². The first kappa shape index (κ1) is 25.8. The molecule has 0 N–H and O–H groups in total. The Kier molecular flexibility index (Phi) is 8.28. The van der Waals surface area contributed by atoms with Gasteiger partial charge in [-0.15, -0.1) is 0 Å². The average Bonchev–Trinajstić information content (AvgIpc) is 2.89. The topological polar surface area (TPSA) is 40.6 Å². The zero-order valence-corrected chi connectivity index (χ0v) is 22.8. The maximum absolute atomic E-state index is 13.1. The summed E-state index contributed by atoms with van der Waals surface area (Å²) in [6.07, 6.45) is 4.33. The third-order valence-electron chi connectivity index (χ3n) is 7.98. The number of piperidine rings is 2. The van der Waals surface area contributed by atoms with Crippen molar-refractivity contribution in [1.82, 2.24) is 9.80 Å². The van der Waals surface area contributed by atoms with E-state index in [4.69, 9.17) is 0 Å². The van der Waals surface area contributed by atoms with E-state index in [1.54, 1.807) is 5.57 Å². The number of rotatable bonds is 5. The van der Waals surface area contributed by atoms with Crippen molar-refractivity contribution in [2.45, 2.75) is 76.5 Å². The standard InChI is InChI=1S/C30H40N2O2S/c1-21(2)35(34)28-11-9-25(10-12-28)24(5)26-13-17-31(18-14-26)27-15-19-32(20-16-27)30(33)29-8-6-7-22(3)23(29)4/h6-12,21,27H,13-20H2,1-5H3. The van der Waals surface area contributed by atoms with E-state index in [0.717, 1.165) is 67.9 Å². The summed E-state index contributed by atoms with van der Waals surface area (Å²) >= 11 is 0. The van der Waals surface area contributed by atoms with Gasteiger partial charge in [0.2, 0.25) is 0 Å². The first-order valence-electron chi connectivity index (χ1n) is 13.1. The van der Waals surface area contributed by atoms with Crippen LogP contribution in [0.15, 0.2) is 52.9 Å². The SMILES string of the molecule is CC(=C1CCN(C2CCN(C(=O)c3cccc(C)c3C)CC2)CC1)c1ccc(S(=O)C(C)C)cc1. The number of amides is 1. The van der Waals surface area contributed by atoms with Crippen molar-refractivity contribution in [3.8, 4) is 0 Å². The normalized spacial score (nSPS) is 18.7. The number of carbonyl (C=O) groups excluding carboxylic acids is 1. The number of allylic oxidation sites excluding steroid dienone is 1. The van der Waals surface area contributed by atoms with Crippen LogP contribution in [0.1, 0.15) is 73.5 Å². The Morgan fingerprint density at radius 2 is 1.57 bits per heavy atom. The van der Waals surface area contributed by atoms with Gasteiger partial charge >= 0.3 is 0 Å². The van der Waals surface area contributed by atoms with Crippen molar-refractivity contribution in [2.24, 2.45) is 0 Å². The zero-order chi connectivity index (χ0) is 25.1. The Balaban J connectivity index is 1.31. The van der Waals surface area contributed by atoms with E-state index >= 15 is 0 Å². The molecule has 1 atom stereocenters. The highest BCUT2D eigenvalue weighted by Gasteiger charge is 2.29. The molecule has 0 radical (unpaired) electrons. The Bertz CT molecular complexity index is 1100. The van der Waals surface area contributed by atoms with E-state index in [1.807, 2.05) is 43.0 Å². The number of nitrogens with zero attached hydrogens (tertiary/aromatic N) is 2. The Morgan fingerprint density at radius 3 is 2.17 bits per heavy atom. The summed E-state index contributed by atoms with van der Waals surface area (Å²) in [5.74, 6) is 0.187. The minimum atomic E-state index is -0.935. The zero-order valence-electron chi connectivity index (χ0n) is 22.0. The van der Waals surface area contributed by atoms with Crippen molar-refractivity contribution in [3.63, 3.8) is 0 Å². The number of benzene rings is 2. The average molecular weight is 493 g/mol. The Hall–Kier alpha value is -2.24. The van der Waals surface area contributed by atoms with E-state index in [2.05, 4.69) is 43.9 Å². The van der Waals surface area contributed by atoms with Gasteiger partial charge in [-0.1, -0.05) is 43.7 Å². The molecule has 5 heteroatoms. The molecule has 35 heavy (non-hydrogen) atoms. The molecule has 0 spiro atoms. The molecule has 2 aromatic rings. The predicted molar refractivity (Wildman–Crippen MR) is 146 cm³/mol. The number of carbonyl (C=O) groups is 1. The second-order valence-electron chi connectivity index (χ2n) is 10.4. The van der Waals surface area contributed by atoms with Crippen LogP contribution in [-0.4, -0.2) is 57.4 Å². The molecule has 4 nitrogen and oxygen atoms in total. The van der Waals surface area contributed by atoms with Crippen molar-refractivity contribution >= 4 is 22.3 Å². The van der Waals surface area contributed by atoms with E-state index in [1.165, 1.54) is 16.7 Å². The maximum Gasteiger partial charge on any atom is 0.254 e. The summed E-state index contributed by atoms with van der Waals surface area (Å²) in [6.45, 7) is 14.2. The lowest BCUT2D eigenvalue weighted by atomic mass is 9.92. The second kappa shape index (κ2) is 11.2. The van der Waals surface area contributed by atoms with Gasteiger partial charge in [0.25, 0.3) is 5.91 Å². The molecule has 1 unspecified atom stereocenters. The summed E-state index contributed by atoms with van der Waals surface area (Å²) in [7, 11) is -0.935. The van der Waals surface area contributed by atoms with Gasteiger partial charge in [0.05, 0.1) is 10.8 Å². The number of aryl methyl sites for hydroxylation is 1. The van der Waals surface area contributed by atoms with Gasteiger partial charge in [-0.05, 0) is 86.9 Å². The van der Waals surface area contributed by atoms with Gasteiger partial charge in [-0.2, -0.15) is 0 Å². The van der Waals surface area contributed by atoms with Gasteiger partial charge in [-0.3, -0.25) is 13.9 Å². The molecule has 4 rings (SSSR count). The Labute approximate surface area is 213 Å². The fourth-order valence-corrected chi connectivity index (χ4v) is 6.39. The summed E-state index contributed by atoms with van der Waals surface area (Å²) < 4.78 is 12.3. The molecule has 2 aromatic carbocycles. The van der Waals surface area contributed by atoms with Crippen LogP contribution in [0, 0.1) is 13.8 Å². The molecule has 188 valence electrons. The van der Waals surface area contributed by atoms with E-state index in [0.29, 0.717) is 6.04 Å². The highest BCUT2D eigenvalue weighted by molar-refractivity contribution is 7.85. The molecule has 1 amide bonds. The molecule has 0 aliphatic carbocycles. The lowest BCUT2D eigenvalue weighted by molar-refractivity contribution is 0.0607. The first-order valence-corrected chi connectivity index (χ1v) is 14.3. The molecular weight excluding hydrogens is 452 g/mol. The molecule has 2 heterocycles. The van der Waals surface area contributed by atoms with E-state index in [9.17, 15) is 9.00 Å². The highest BCUT2D eigenvalue weighted by Crippen LogP contribution is 2.30. The Morgan fingerprint density at radius 1 is 0.943 bits per heavy atom. The largest absolute Gasteiger partial charge is 0.339 e. The first-order chi connectivity index (χ1) is 16.8. The monoisotopic (exact) mass is 492 g/mol. The van der Waals surface area contributed by atoms with E-state index < -0.39 is 10.8 Å². The van der Waals surface area contributed by atoms with Gasteiger partial charge in [0.1, 0.15) is 0 Å². The predicted octanol–water partition coefficient (Wildman–Crippen LogP) is 5.99. The van der Waals surface area contributed by atoms with Gasteiger partial charge in [0, 0.05) is 47.9 Å². The second-order valence-corrected chi connectivity index (χ2v) is 12.4. The quantitative estimate of drug-likeness (QED) is 0.514. The fourth-order valence-electron chi connectivity index (χ4n) is 5.44. The van der Waals surface area contributed by atoms with Crippen LogP contribution in [0.4, 0.5) is 0 Å². The summed E-state index contributed by atoms with van der Waals surface area (Å²) in [5.41, 5.74) is 7.31. The minimum absolute atomic E-state index is 0.140. The van der Waals surface area contributed by atoms with Gasteiger partial charge in [-0.25, -0.2) is 0 Å².